The first kappa shape index (κ1) is 12.0. The van der Waals surface area contributed by atoms with Crippen LogP contribution in [-0.4, -0.2) is 12.5 Å². The van der Waals surface area contributed by atoms with Gasteiger partial charge in [-0.25, -0.2) is 0 Å². The maximum Gasteiger partial charge on any atom is 0.217 e. The fourth-order valence-corrected chi connectivity index (χ4v) is 1.33. The molecule has 1 aromatic rings. The Balaban J connectivity index is 2.65. The molecule has 0 saturated carbocycles. The lowest BCUT2D eigenvalue weighted by Crippen LogP contribution is -2.19. The molecule has 0 aromatic heterocycles. The summed E-state index contributed by atoms with van der Waals surface area (Å²) < 4.78 is 0. The first-order valence-corrected chi connectivity index (χ1v) is 5.10. The van der Waals surface area contributed by atoms with E-state index >= 15 is 0 Å². The van der Waals surface area contributed by atoms with E-state index in [0.717, 1.165) is 11.1 Å². The zero-order valence-corrected chi connectivity index (χ0v) is 9.23. The summed E-state index contributed by atoms with van der Waals surface area (Å²) in [6.07, 6.45) is 4.20. The molecule has 1 N–H and O–H groups in total. The number of benzene rings is 1. The number of hydrogen-bond acceptors (Lipinski definition) is 2. The van der Waals surface area contributed by atoms with Gasteiger partial charge in [-0.05, 0) is 11.1 Å². The quantitative estimate of drug-likeness (QED) is 0.832. The largest absolute Gasteiger partial charge is 0.353 e. The summed E-state index contributed by atoms with van der Waals surface area (Å²) in [5.41, 5.74) is 2.03. The fourth-order valence-electron chi connectivity index (χ4n) is 1.33. The summed E-state index contributed by atoms with van der Waals surface area (Å²) in [5.74, 6) is -0.0463. The van der Waals surface area contributed by atoms with Crippen molar-refractivity contribution in [1.82, 2.24) is 5.32 Å². The first-order valence-electron chi connectivity index (χ1n) is 5.10. The first-order chi connectivity index (χ1) is 7.74. The molecule has 1 rings (SSSR count). The van der Waals surface area contributed by atoms with E-state index in [1.807, 2.05) is 36.4 Å². The Morgan fingerprint density at radius 1 is 1.50 bits per heavy atom. The van der Waals surface area contributed by atoms with E-state index in [1.54, 1.807) is 0 Å². The minimum Gasteiger partial charge on any atom is -0.353 e. The number of carbonyl (C=O) groups is 1. The SMILES string of the molecule is CC(=O)NCC=Cc1ccccc1CC#N. The molecule has 0 aliphatic rings. The highest BCUT2D eigenvalue weighted by Crippen LogP contribution is 2.10. The summed E-state index contributed by atoms with van der Waals surface area (Å²) in [6, 6.07) is 9.86. The van der Waals surface area contributed by atoms with Crippen molar-refractivity contribution in [2.45, 2.75) is 13.3 Å². The second-order valence-electron chi connectivity index (χ2n) is 3.37. The van der Waals surface area contributed by atoms with E-state index in [-0.39, 0.29) is 5.91 Å². The number of nitrogens with one attached hydrogen (secondary N) is 1. The molecular weight excluding hydrogens is 200 g/mol. The molecule has 0 radical (unpaired) electrons. The van der Waals surface area contributed by atoms with Gasteiger partial charge < -0.3 is 5.32 Å². The van der Waals surface area contributed by atoms with Crippen molar-refractivity contribution in [2.24, 2.45) is 0 Å². The number of nitrogens with zero attached hydrogens (tertiary/aromatic N) is 1. The summed E-state index contributed by atoms with van der Waals surface area (Å²) in [7, 11) is 0. The van der Waals surface area contributed by atoms with E-state index in [2.05, 4.69) is 11.4 Å². The second kappa shape index (κ2) is 6.41. The Morgan fingerprint density at radius 2 is 2.25 bits per heavy atom. The number of hydrogen-bond donors (Lipinski definition) is 1. The van der Waals surface area contributed by atoms with Gasteiger partial charge in [-0.2, -0.15) is 5.26 Å². The molecule has 1 amide bonds. The van der Waals surface area contributed by atoms with Gasteiger partial charge in [0.05, 0.1) is 12.5 Å². The number of nitriles is 1. The van der Waals surface area contributed by atoms with E-state index in [1.165, 1.54) is 6.92 Å². The van der Waals surface area contributed by atoms with Crippen LogP contribution in [0.4, 0.5) is 0 Å². The molecule has 0 saturated heterocycles. The van der Waals surface area contributed by atoms with E-state index in [4.69, 9.17) is 5.26 Å². The molecular formula is C13H14N2O. The average Bonchev–Trinajstić information content (AvgIpc) is 2.26. The summed E-state index contributed by atoms with van der Waals surface area (Å²) in [4.78, 5) is 10.6. The van der Waals surface area contributed by atoms with Gasteiger partial charge in [0.2, 0.25) is 5.91 Å². The van der Waals surface area contributed by atoms with Gasteiger partial charge in [-0.15, -0.1) is 0 Å². The van der Waals surface area contributed by atoms with Gasteiger partial charge in [-0.1, -0.05) is 36.4 Å². The van der Waals surface area contributed by atoms with Crippen molar-refractivity contribution in [3.63, 3.8) is 0 Å². The predicted molar refractivity (Wildman–Crippen MR) is 63.5 cm³/mol. The normalized spacial score (nSPS) is 10.0. The third kappa shape index (κ3) is 3.97. The van der Waals surface area contributed by atoms with Crippen LogP contribution >= 0.6 is 0 Å². The van der Waals surface area contributed by atoms with Crippen molar-refractivity contribution >= 4 is 12.0 Å². The monoisotopic (exact) mass is 214 g/mol. The van der Waals surface area contributed by atoms with Crippen molar-refractivity contribution < 1.29 is 4.79 Å². The van der Waals surface area contributed by atoms with Crippen LogP contribution in [0.15, 0.2) is 30.3 Å². The highest BCUT2D eigenvalue weighted by molar-refractivity contribution is 5.73. The maximum absolute atomic E-state index is 10.6. The molecule has 0 atom stereocenters. The van der Waals surface area contributed by atoms with E-state index < -0.39 is 0 Å². The number of amides is 1. The van der Waals surface area contributed by atoms with Crippen LogP contribution in [-0.2, 0) is 11.2 Å². The highest BCUT2D eigenvalue weighted by Gasteiger charge is 1.96. The number of carbonyl (C=O) groups excluding carboxylic acids is 1. The summed E-state index contributed by atoms with van der Waals surface area (Å²) in [6.45, 7) is 1.99. The van der Waals surface area contributed by atoms with Crippen LogP contribution in [0, 0.1) is 11.3 Å². The van der Waals surface area contributed by atoms with Crippen molar-refractivity contribution in [3.8, 4) is 6.07 Å². The van der Waals surface area contributed by atoms with E-state index in [9.17, 15) is 4.79 Å². The Bertz CT molecular complexity index is 430. The molecule has 3 nitrogen and oxygen atoms in total. The molecule has 1 aromatic carbocycles. The summed E-state index contributed by atoms with van der Waals surface area (Å²) >= 11 is 0. The molecule has 3 heteroatoms. The average molecular weight is 214 g/mol. The second-order valence-corrected chi connectivity index (χ2v) is 3.37. The van der Waals surface area contributed by atoms with Crippen LogP contribution in [0.25, 0.3) is 6.08 Å². The smallest absolute Gasteiger partial charge is 0.217 e. The van der Waals surface area contributed by atoms with Gasteiger partial charge in [0.1, 0.15) is 0 Å². The van der Waals surface area contributed by atoms with Gasteiger partial charge in [0.25, 0.3) is 0 Å². The molecule has 0 fully saturated rings. The lowest BCUT2D eigenvalue weighted by Gasteiger charge is -2.01. The lowest BCUT2D eigenvalue weighted by molar-refractivity contribution is -0.118. The molecule has 0 spiro atoms. The molecule has 0 bridgehead atoms. The van der Waals surface area contributed by atoms with Crippen LogP contribution in [0.2, 0.25) is 0 Å². The van der Waals surface area contributed by atoms with Gasteiger partial charge >= 0.3 is 0 Å². The van der Waals surface area contributed by atoms with Gasteiger partial charge in [0, 0.05) is 13.5 Å². The Kier molecular flexibility index (Phi) is 4.81. The Hall–Kier alpha value is -2.08. The molecule has 0 heterocycles. The van der Waals surface area contributed by atoms with Crippen molar-refractivity contribution in [1.29, 1.82) is 5.26 Å². The minimum atomic E-state index is -0.0463. The van der Waals surface area contributed by atoms with E-state index in [0.29, 0.717) is 13.0 Å². The Morgan fingerprint density at radius 3 is 2.94 bits per heavy atom. The van der Waals surface area contributed by atoms with Gasteiger partial charge in [-0.3, -0.25) is 4.79 Å². The zero-order chi connectivity index (χ0) is 11.8. The van der Waals surface area contributed by atoms with Crippen LogP contribution < -0.4 is 5.32 Å². The molecule has 16 heavy (non-hydrogen) atoms. The number of rotatable bonds is 4. The maximum atomic E-state index is 10.6. The standard InChI is InChI=1S/C13H14N2O/c1-11(16)15-10-4-7-12-5-2-3-6-13(12)8-9-14/h2-7H,8,10H2,1H3,(H,15,16). The van der Waals surface area contributed by atoms with Crippen molar-refractivity contribution in [2.75, 3.05) is 6.54 Å². The van der Waals surface area contributed by atoms with Crippen LogP contribution in [0.5, 0.6) is 0 Å². The fraction of sp³-hybridized carbons (Fsp3) is 0.231. The molecule has 82 valence electrons. The lowest BCUT2D eigenvalue weighted by atomic mass is 10.0. The zero-order valence-electron chi connectivity index (χ0n) is 9.23. The molecule has 0 aliphatic heterocycles. The minimum absolute atomic E-state index is 0.0463. The highest BCUT2D eigenvalue weighted by atomic mass is 16.1. The third-order valence-corrected chi connectivity index (χ3v) is 2.09. The Labute approximate surface area is 95.4 Å². The van der Waals surface area contributed by atoms with Gasteiger partial charge in [0.15, 0.2) is 0 Å². The van der Waals surface area contributed by atoms with Crippen LogP contribution in [0.3, 0.4) is 0 Å². The summed E-state index contributed by atoms with van der Waals surface area (Å²) in [5, 5.41) is 11.3. The van der Waals surface area contributed by atoms with Crippen LogP contribution in [0.1, 0.15) is 18.1 Å². The molecule has 0 aliphatic carbocycles. The molecule has 0 unspecified atom stereocenters. The van der Waals surface area contributed by atoms with Crippen molar-refractivity contribution in [3.05, 3.63) is 41.5 Å². The predicted octanol–water partition coefficient (Wildman–Crippen LogP) is 1.90. The third-order valence-electron chi connectivity index (χ3n) is 2.09. The topological polar surface area (TPSA) is 52.9 Å².